The van der Waals surface area contributed by atoms with Crippen molar-refractivity contribution in [2.75, 3.05) is 6.61 Å². The first-order valence-electron chi connectivity index (χ1n) is 7.17. The highest BCUT2D eigenvalue weighted by Gasteiger charge is 2.26. The minimum Gasteiger partial charge on any atom is -0.484 e. The normalized spacial score (nSPS) is 13.9. The Kier molecular flexibility index (Phi) is 5.82. The molecule has 0 spiro atoms. The van der Waals surface area contributed by atoms with Gasteiger partial charge in [-0.1, -0.05) is 44.0 Å². The zero-order valence-electron chi connectivity index (χ0n) is 12.7. The number of hydrazine groups is 1. The summed E-state index contributed by atoms with van der Waals surface area (Å²) >= 11 is 7.72. The van der Waals surface area contributed by atoms with Crippen molar-refractivity contribution in [3.05, 3.63) is 68.4 Å². The number of hydrogen-bond acceptors (Lipinski definition) is 4. The molecule has 5 nitrogen and oxygen atoms in total. The molecule has 128 valence electrons. The van der Waals surface area contributed by atoms with Crippen LogP contribution in [0.15, 0.2) is 62.9 Å². The number of ether oxygens (including phenoxy) is 1. The van der Waals surface area contributed by atoms with Gasteiger partial charge in [0.15, 0.2) is 6.61 Å². The van der Waals surface area contributed by atoms with Crippen LogP contribution in [0.5, 0.6) is 5.75 Å². The lowest BCUT2D eigenvalue weighted by Crippen LogP contribution is -2.47. The molecule has 0 radical (unpaired) electrons. The summed E-state index contributed by atoms with van der Waals surface area (Å²) in [6.07, 6.45) is 0. The number of thioether (sulfide) groups is 1. The predicted octanol–water partition coefficient (Wildman–Crippen LogP) is 4.79. The second-order valence-corrected chi connectivity index (χ2v) is 7.67. The van der Waals surface area contributed by atoms with Gasteiger partial charge in [-0.25, -0.2) is 5.01 Å². The number of halogens is 2. The fourth-order valence-electron chi connectivity index (χ4n) is 2.09. The van der Waals surface area contributed by atoms with E-state index >= 15 is 0 Å². The van der Waals surface area contributed by atoms with Gasteiger partial charge in [0.25, 0.3) is 5.91 Å². The third-order valence-corrected chi connectivity index (χ3v) is 4.99. The zero-order chi connectivity index (χ0) is 17.8. The third kappa shape index (κ3) is 4.65. The number of carbonyl (C=O) groups excluding carboxylic acids is 2. The maximum Gasteiger partial charge on any atom is 0.302 e. The van der Waals surface area contributed by atoms with Crippen molar-refractivity contribution in [3.8, 4) is 5.75 Å². The van der Waals surface area contributed by atoms with Gasteiger partial charge in [-0.05, 0) is 48.2 Å². The third-order valence-electron chi connectivity index (χ3n) is 3.29. The fraction of sp³-hybridized carbons (Fsp3) is 0.0588. The number of nitrogens with one attached hydrogen (secondary N) is 1. The first-order chi connectivity index (χ1) is 12.0. The summed E-state index contributed by atoms with van der Waals surface area (Å²) in [4.78, 5) is 24.2. The Labute approximate surface area is 165 Å². The summed E-state index contributed by atoms with van der Waals surface area (Å²) in [6.45, 7) is -0.194. The molecule has 2 aromatic rings. The van der Waals surface area contributed by atoms with E-state index in [1.807, 2.05) is 36.4 Å². The molecule has 3 rings (SSSR count). The molecule has 0 aromatic heterocycles. The molecule has 0 saturated carbocycles. The molecule has 1 N–H and O–H groups in total. The van der Waals surface area contributed by atoms with Gasteiger partial charge in [0.2, 0.25) is 0 Å². The average molecular weight is 484 g/mol. The molecule has 1 heterocycles. The van der Waals surface area contributed by atoms with E-state index in [0.717, 1.165) is 26.3 Å². The maximum atomic E-state index is 12.6. The van der Waals surface area contributed by atoms with E-state index in [-0.39, 0.29) is 17.8 Å². The van der Waals surface area contributed by atoms with Gasteiger partial charge in [-0.3, -0.25) is 15.0 Å². The van der Waals surface area contributed by atoms with E-state index in [9.17, 15) is 9.59 Å². The van der Waals surface area contributed by atoms with E-state index in [0.29, 0.717) is 11.4 Å². The lowest BCUT2D eigenvalue weighted by molar-refractivity contribution is -0.131. The molecule has 1 aliphatic rings. The van der Waals surface area contributed by atoms with Crippen LogP contribution in [-0.4, -0.2) is 22.8 Å². The lowest BCUT2D eigenvalue weighted by Gasteiger charge is -2.28. The first-order valence-corrected chi connectivity index (χ1v) is 9.64. The highest BCUT2D eigenvalue weighted by molar-refractivity contribution is 9.10. The van der Waals surface area contributed by atoms with Crippen LogP contribution in [-0.2, 0) is 4.79 Å². The quantitative estimate of drug-likeness (QED) is 0.679. The van der Waals surface area contributed by atoms with Crippen LogP contribution in [0.2, 0.25) is 0 Å². The molecule has 2 amide bonds. The molecule has 0 aliphatic carbocycles. The Bertz CT molecular complexity index is 823. The van der Waals surface area contributed by atoms with Crippen LogP contribution >= 0.6 is 43.6 Å². The van der Waals surface area contributed by atoms with Gasteiger partial charge in [-0.15, -0.1) is 0 Å². The molecule has 25 heavy (non-hydrogen) atoms. The fourth-order valence-corrected chi connectivity index (χ4v) is 3.23. The maximum absolute atomic E-state index is 12.6. The molecule has 8 heteroatoms. The monoisotopic (exact) mass is 482 g/mol. The van der Waals surface area contributed by atoms with E-state index in [1.54, 1.807) is 17.5 Å². The number of rotatable bonds is 4. The molecule has 0 bridgehead atoms. The van der Waals surface area contributed by atoms with Gasteiger partial charge in [-0.2, -0.15) is 0 Å². The number of nitrogens with zero attached hydrogens (tertiary/aromatic N) is 1. The summed E-state index contributed by atoms with van der Waals surface area (Å²) in [6, 6.07) is 14.6. The van der Waals surface area contributed by atoms with Gasteiger partial charge in [0.05, 0.1) is 5.70 Å². The smallest absolute Gasteiger partial charge is 0.302 e. The second kappa shape index (κ2) is 8.07. The molecule has 1 aliphatic heterocycles. The van der Waals surface area contributed by atoms with Crippen molar-refractivity contribution in [2.24, 2.45) is 0 Å². The summed E-state index contributed by atoms with van der Waals surface area (Å²) in [5, 5.41) is 2.55. The molecule has 0 saturated heterocycles. The Hall–Kier alpha value is -1.77. The van der Waals surface area contributed by atoms with E-state index < -0.39 is 0 Å². The van der Waals surface area contributed by atoms with Crippen LogP contribution in [0, 0.1) is 0 Å². The molecular formula is C17H12Br2N2O3S. The van der Waals surface area contributed by atoms with Gasteiger partial charge < -0.3 is 4.74 Å². The topological polar surface area (TPSA) is 58.6 Å². The molecule has 0 fully saturated rings. The molecule has 0 unspecified atom stereocenters. The van der Waals surface area contributed by atoms with E-state index in [1.165, 1.54) is 5.01 Å². The summed E-state index contributed by atoms with van der Waals surface area (Å²) in [5.41, 5.74) is 3.98. The second-order valence-electron chi connectivity index (χ2n) is 5.00. The highest BCUT2D eigenvalue weighted by atomic mass is 79.9. The van der Waals surface area contributed by atoms with Crippen LogP contribution in [0.3, 0.4) is 0 Å². The van der Waals surface area contributed by atoms with Crippen LogP contribution in [0.25, 0.3) is 5.70 Å². The van der Waals surface area contributed by atoms with Gasteiger partial charge in [0, 0.05) is 19.9 Å². The Morgan fingerprint density at radius 1 is 1.04 bits per heavy atom. The van der Waals surface area contributed by atoms with Crippen molar-refractivity contribution in [3.63, 3.8) is 0 Å². The largest absolute Gasteiger partial charge is 0.484 e. The van der Waals surface area contributed by atoms with Crippen molar-refractivity contribution in [1.29, 1.82) is 0 Å². The van der Waals surface area contributed by atoms with Crippen molar-refractivity contribution < 1.29 is 14.3 Å². The minimum absolute atomic E-state index is 0.194. The van der Waals surface area contributed by atoms with Crippen molar-refractivity contribution in [1.82, 2.24) is 10.4 Å². The van der Waals surface area contributed by atoms with Gasteiger partial charge in [0.1, 0.15) is 5.75 Å². The Morgan fingerprint density at radius 2 is 1.64 bits per heavy atom. The molecule has 0 atom stereocenters. The predicted molar refractivity (Wildman–Crippen MR) is 105 cm³/mol. The zero-order valence-corrected chi connectivity index (χ0v) is 16.7. The summed E-state index contributed by atoms with van der Waals surface area (Å²) < 4.78 is 7.36. The van der Waals surface area contributed by atoms with Crippen LogP contribution in [0.4, 0.5) is 4.79 Å². The SMILES string of the molecule is O=C1NN(C(=O)COc2ccc(Br)cc2)C(c2ccc(Br)cc2)=CS1. The number of amides is 2. The number of benzene rings is 2. The Morgan fingerprint density at radius 3 is 2.28 bits per heavy atom. The highest BCUT2D eigenvalue weighted by Crippen LogP contribution is 2.27. The van der Waals surface area contributed by atoms with E-state index in [4.69, 9.17) is 4.74 Å². The number of hydrogen-bond donors (Lipinski definition) is 1. The van der Waals surface area contributed by atoms with Gasteiger partial charge >= 0.3 is 5.24 Å². The standard InChI is InChI=1S/C17H12Br2N2O3S/c18-12-3-1-11(2-4-12)15-10-25-17(23)20-21(15)16(22)9-24-14-7-5-13(19)6-8-14/h1-8,10H,9H2,(H,20,23). The minimum atomic E-state index is -0.370. The summed E-state index contributed by atoms with van der Waals surface area (Å²) in [7, 11) is 0. The molecule has 2 aromatic carbocycles. The van der Waals surface area contributed by atoms with Crippen molar-refractivity contribution >= 4 is 60.5 Å². The lowest BCUT2D eigenvalue weighted by atomic mass is 10.1. The average Bonchev–Trinajstić information content (AvgIpc) is 2.62. The number of carbonyl (C=O) groups is 2. The van der Waals surface area contributed by atoms with Crippen LogP contribution < -0.4 is 10.2 Å². The van der Waals surface area contributed by atoms with Crippen LogP contribution in [0.1, 0.15) is 5.56 Å². The van der Waals surface area contributed by atoms with E-state index in [2.05, 4.69) is 37.3 Å². The molecular weight excluding hydrogens is 472 g/mol. The first kappa shape index (κ1) is 18.0. The van der Waals surface area contributed by atoms with Crippen molar-refractivity contribution in [2.45, 2.75) is 0 Å². The Balaban J connectivity index is 1.75. The summed E-state index contributed by atoms with van der Waals surface area (Å²) in [5.74, 6) is 0.203.